The first-order valence-corrected chi connectivity index (χ1v) is 10.7. The molecule has 1 aliphatic heterocycles. The van der Waals surface area contributed by atoms with Gasteiger partial charge in [0.25, 0.3) is 5.91 Å². The highest BCUT2D eigenvalue weighted by atomic mass is 32.2. The van der Waals surface area contributed by atoms with Crippen LogP contribution >= 0.6 is 0 Å². The maximum Gasteiger partial charge on any atom is 0.308 e. The van der Waals surface area contributed by atoms with Crippen molar-refractivity contribution in [2.75, 3.05) is 11.5 Å². The summed E-state index contributed by atoms with van der Waals surface area (Å²) in [6.45, 7) is 2.99. The molecule has 0 saturated carbocycles. The molecular formula is C20H19NO6S. The molecule has 2 aromatic carbocycles. The Bertz CT molecular complexity index is 1220. The third-order valence-electron chi connectivity index (χ3n) is 4.88. The molecule has 4 rings (SSSR count). The zero-order chi connectivity index (χ0) is 20.1. The Kier molecular flexibility index (Phi) is 4.38. The molecule has 2 heterocycles. The maximum absolute atomic E-state index is 12.9. The molecule has 28 heavy (non-hydrogen) atoms. The third-order valence-corrected chi connectivity index (χ3v) is 6.65. The topological polar surface area (TPSA) is 103 Å². The van der Waals surface area contributed by atoms with Crippen LogP contribution in [-0.2, 0) is 14.6 Å². The summed E-state index contributed by atoms with van der Waals surface area (Å²) in [5.41, 5.74) is 0.839. The number of aryl methyl sites for hydroxylation is 1. The van der Waals surface area contributed by atoms with E-state index in [2.05, 4.69) is 5.32 Å². The van der Waals surface area contributed by atoms with Crippen molar-refractivity contribution < 1.29 is 27.2 Å². The molecule has 7 nitrogen and oxygen atoms in total. The maximum atomic E-state index is 12.9. The Labute approximate surface area is 161 Å². The van der Waals surface area contributed by atoms with Crippen molar-refractivity contribution in [2.24, 2.45) is 0 Å². The van der Waals surface area contributed by atoms with Crippen LogP contribution in [0.25, 0.3) is 21.7 Å². The molecule has 1 aliphatic rings. The molecule has 1 N–H and O–H groups in total. The average Bonchev–Trinajstić information content (AvgIpc) is 3.13. The molecule has 3 aromatic rings. The van der Waals surface area contributed by atoms with Crippen molar-refractivity contribution in [3.63, 3.8) is 0 Å². The van der Waals surface area contributed by atoms with Crippen LogP contribution in [0, 0.1) is 6.92 Å². The molecule has 1 atom stereocenters. The van der Waals surface area contributed by atoms with Gasteiger partial charge in [-0.15, -0.1) is 0 Å². The van der Waals surface area contributed by atoms with Crippen LogP contribution in [0.4, 0.5) is 0 Å². The minimum absolute atomic E-state index is 0.0603. The number of hydrogen-bond donors (Lipinski definition) is 1. The summed E-state index contributed by atoms with van der Waals surface area (Å²) in [6.07, 6.45) is 0.393. The van der Waals surface area contributed by atoms with Gasteiger partial charge in [0.05, 0.1) is 17.1 Å². The summed E-state index contributed by atoms with van der Waals surface area (Å²) in [6, 6.07) is 8.50. The molecular weight excluding hydrogens is 382 g/mol. The molecule has 8 heteroatoms. The summed E-state index contributed by atoms with van der Waals surface area (Å²) in [5.74, 6) is -0.0962. The van der Waals surface area contributed by atoms with Gasteiger partial charge in [-0.1, -0.05) is 24.3 Å². The Balaban J connectivity index is 1.83. The summed E-state index contributed by atoms with van der Waals surface area (Å²) in [4.78, 5) is 24.4. The number of esters is 1. The first-order valence-electron chi connectivity index (χ1n) is 8.90. The largest absolute Gasteiger partial charge is 0.460 e. The predicted octanol–water partition coefficient (Wildman–Crippen LogP) is 2.74. The Morgan fingerprint density at radius 2 is 1.89 bits per heavy atom. The number of carbonyl (C=O) groups excluding carboxylic acids is 2. The highest BCUT2D eigenvalue weighted by Gasteiger charge is 2.31. The minimum atomic E-state index is -3.11. The number of carbonyl (C=O) groups is 2. The summed E-state index contributed by atoms with van der Waals surface area (Å²) in [5, 5.41) is 4.74. The number of nitrogens with one attached hydrogen (secondary N) is 1. The van der Waals surface area contributed by atoms with Crippen LogP contribution in [0.5, 0.6) is 5.75 Å². The van der Waals surface area contributed by atoms with Crippen molar-refractivity contribution in [1.29, 1.82) is 0 Å². The molecule has 0 aliphatic carbocycles. The normalized spacial score (nSPS) is 18.4. The molecule has 1 fully saturated rings. The molecule has 0 spiro atoms. The lowest BCUT2D eigenvalue weighted by molar-refractivity contribution is -0.131. The molecule has 146 valence electrons. The predicted molar refractivity (Wildman–Crippen MR) is 104 cm³/mol. The van der Waals surface area contributed by atoms with E-state index in [1.165, 1.54) is 6.92 Å². The van der Waals surface area contributed by atoms with E-state index in [-0.39, 0.29) is 11.5 Å². The van der Waals surface area contributed by atoms with Crippen LogP contribution < -0.4 is 10.1 Å². The number of hydrogen-bond acceptors (Lipinski definition) is 6. The van der Waals surface area contributed by atoms with Gasteiger partial charge in [-0.3, -0.25) is 9.59 Å². The lowest BCUT2D eigenvalue weighted by Crippen LogP contribution is -2.35. The quantitative estimate of drug-likeness (QED) is 0.535. The zero-order valence-corrected chi connectivity index (χ0v) is 16.3. The highest BCUT2D eigenvalue weighted by molar-refractivity contribution is 7.91. The summed E-state index contributed by atoms with van der Waals surface area (Å²) in [7, 11) is -3.11. The number of rotatable bonds is 3. The van der Waals surface area contributed by atoms with E-state index in [4.69, 9.17) is 9.15 Å². The van der Waals surface area contributed by atoms with Gasteiger partial charge in [0.15, 0.2) is 9.84 Å². The van der Waals surface area contributed by atoms with Crippen molar-refractivity contribution in [2.45, 2.75) is 26.3 Å². The SMILES string of the molecule is CC(=O)Oc1cc2c(C(=O)N[C@@H]3CCS(=O)(=O)C3)c(C)oc2c2ccccc12. The van der Waals surface area contributed by atoms with Gasteiger partial charge in [-0.05, 0) is 19.4 Å². The van der Waals surface area contributed by atoms with Crippen LogP contribution in [0.3, 0.4) is 0 Å². The van der Waals surface area contributed by atoms with Crippen LogP contribution in [0.15, 0.2) is 34.7 Å². The van der Waals surface area contributed by atoms with E-state index in [1.54, 1.807) is 13.0 Å². The van der Waals surface area contributed by atoms with E-state index >= 15 is 0 Å². The lowest BCUT2D eigenvalue weighted by atomic mass is 10.0. The molecule has 1 aromatic heterocycles. The standard InChI is InChI=1S/C20H19NO6S/c1-11-18(20(23)21-13-7-8-28(24,25)10-13)16-9-17(27-12(2)22)14-5-3-4-6-15(14)19(16)26-11/h3-6,9,13H,7-8,10H2,1-2H3,(H,21,23)/t13-/m1/s1. The van der Waals surface area contributed by atoms with Crippen LogP contribution in [0.2, 0.25) is 0 Å². The number of benzene rings is 2. The highest BCUT2D eigenvalue weighted by Crippen LogP contribution is 2.37. The minimum Gasteiger partial charge on any atom is -0.460 e. The van der Waals surface area contributed by atoms with Crippen LogP contribution in [0.1, 0.15) is 29.5 Å². The average molecular weight is 401 g/mol. The summed E-state index contributed by atoms with van der Waals surface area (Å²) >= 11 is 0. The van der Waals surface area contributed by atoms with Gasteiger partial charge in [0, 0.05) is 29.1 Å². The van der Waals surface area contributed by atoms with Gasteiger partial charge < -0.3 is 14.5 Å². The van der Waals surface area contributed by atoms with Gasteiger partial charge in [0.1, 0.15) is 17.1 Å². The van der Waals surface area contributed by atoms with E-state index < -0.39 is 27.8 Å². The van der Waals surface area contributed by atoms with Crippen molar-refractivity contribution in [3.05, 3.63) is 41.7 Å². The summed E-state index contributed by atoms with van der Waals surface area (Å²) < 4.78 is 34.6. The number of furan rings is 1. The van der Waals surface area contributed by atoms with Gasteiger partial charge >= 0.3 is 5.97 Å². The monoisotopic (exact) mass is 401 g/mol. The number of amides is 1. The fraction of sp³-hybridized carbons (Fsp3) is 0.300. The number of ether oxygens (including phenoxy) is 1. The second-order valence-electron chi connectivity index (χ2n) is 7.00. The Morgan fingerprint density at radius 1 is 1.18 bits per heavy atom. The fourth-order valence-corrected chi connectivity index (χ4v) is 5.37. The third kappa shape index (κ3) is 3.24. The Hall–Kier alpha value is -2.87. The lowest BCUT2D eigenvalue weighted by Gasteiger charge is -2.11. The van der Waals surface area contributed by atoms with Crippen LogP contribution in [-0.4, -0.2) is 37.8 Å². The van der Waals surface area contributed by atoms with Crippen molar-refractivity contribution in [3.8, 4) is 5.75 Å². The van der Waals surface area contributed by atoms with E-state index in [9.17, 15) is 18.0 Å². The van der Waals surface area contributed by atoms with Crippen molar-refractivity contribution in [1.82, 2.24) is 5.32 Å². The van der Waals surface area contributed by atoms with Gasteiger partial charge in [-0.2, -0.15) is 0 Å². The fourth-order valence-electron chi connectivity index (χ4n) is 3.69. The molecule has 0 radical (unpaired) electrons. The smallest absolute Gasteiger partial charge is 0.308 e. The Morgan fingerprint density at radius 3 is 2.54 bits per heavy atom. The molecule has 1 amide bonds. The molecule has 0 bridgehead atoms. The van der Waals surface area contributed by atoms with E-state index in [1.807, 2.05) is 24.3 Å². The van der Waals surface area contributed by atoms with Gasteiger partial charge in [-0.25, -0.2) is 8.42 Å². The number of sulfone groups is 1. The molecule has 0 unspecified atom stereocenters. The van der Waals surface area contributed by atoms with Crippen molar-refractivity contribution >= 4 is 43.5 Å². The van der Waals surface area contributed by atoms with E-state index in [0.29, 0.717) is 39.8 Å². The number of fused-ring (bicyclic) bond motifs is 3. The first-order chi connectivity index (χ1) is 13.2. The second kappa shape index (κ2) is 6.63. The molecule has 1 saturated heterocycles. The first kappa shape index (κ1) is 18.5. The van der Waals surface area contributed by atoms with Gasteiger partial charge in [0.2, 0.25) is 0 Å². The zero-order valence-electron chi connectivity index (χ0n) is 15.4. The van der Waals surface area contributed by atoms with E-state index in [0.717, 1.165) is 5.39 Å². The second-order valence-corrected chi connectivity index (χ2v) is 9.23.